The minimum absolute atomic E-state index is 0.0549. The van der Waals surface area contributed by atoms with Gasteiger partial charge in [0.05, 0.1) is 18.8 Å². The minimum Gasteiger partial charge on any atom is -0.428 e. The van der Waals surface area contributed by atoms with E-state index in [0.29, 0.717) is 6.07 Å². The third kappa shape index (κ3) is 5.10. The van der Waals surface area contributed by atoms with Crippen LogP contribution >= 0.6 is 0 Å². The summed E-state index contributed by atoms with van der Waals surface area (Å²) in [7, 11) is 0. The van der Waals surface area contributed by atoms with Gasteiger partial charge in [0.25, 0.3) is 0 Å². The highest BCUT2D eigenvalue weighted by molar-refractivity contribution is 5.36. The molecule has 190 valence electrons. The molecule has 0 aliphatic rings. The summed E-state index contributed by atoms with van der Waals surface area (Å²) in [4.78, 5) is 16.7. The maximum atomic E-state index is 14.6. The van der Waals surface area contributed by atoms with Crippen LogP contribution in [0.3, 0.4) is 0 Å². The van der Waals surface area contributed by atoms with Crippen LogP contribution in [-0.4, -0.2) is 46.8 Å². The van der Waals surface area contributed by atoms with Crippen molar-refractivity contribution in [3.63, 3.8) is 0 Å². The molecule has 0 fully saturated rings. The van der Waals surface area contributed by atoms with Crippen LogP contribution < -0.4 is 10.4 Å². The van der Waals surface area contributed by atoms with Gasteiger partial charge in [-0.2, -0.15) is 32.4 Å². The topological polar surface area (TPSA) is 100.0 Å². The van der Waals surface area contributed by atoms with Gasteiger partial charge in [-0.1, -0.05) is 6.07 Å². The van der Waals surface area contributed by atoms with Crippen LogP contribution in [0.4, 0.5) is 26.3 Å². The number of alkyl halides is 4. The lowest BCUT2D eigenvalue weighted by molar-refractivity contribution is -0.253. The van der Waals surface area contributed by atoms with Gasteiger partial charge in [0.2, 0.25) is 0 Å². The molecule has 2 aromatic carbocycles. The highest BCUT2D eigenvalue weighted by Gasteiger charge is 2.44. The highest BCUT2D eigenvalue weighted by atomic mass is 19.3. The first-order valence-corrected chi connectivity index (χ1v) is 10.1. The van der Waals surface area contributed by atoms with Crippen molar-refractivity contribution in [1.29, 1.82) is 0 Å². The molecular formula is C21H16F6N6O3. The molecule has 9 nitrogen and oxygen atoms in total. The van der Waals surface area contributed by atoms with E-state index in [1.54, 1.807) is 0 Å². The smallest absolute Gasteiger partial charge is 0.428 e. The van der Waals surface area contributed by atoms with Crippen molar-refractivity contribution in [2.45, 2.75) is 31.2 Å². The van der Waals surface area contributed by atoms with Crippen molar-refractivity contribution in [3.05, 3.63) is 89.1 Å². The summed E-state index contributed by atoms with van der Waals surface area (Å²) >= 11 is 0. The zero-order valence-corrected chi connectivity index (χ0v) is 18.0. The molecule has 0 saturated heterocycles. The van der Waals surface area contributed by atoms with Gasteiger partial charge in [-0.15, -0.1) is 0 Å². The molecule has 0 unspecified atom stereocenters. The lowest BCUT2D eigenvalue weighted by atomic mass is 9.92. The maximum Gasteiger partial charge on any atom is 0.461 e. The lowest BCUT2D eigenvalue weighted by Crippen LogP contribution is -2.40. The molecule has 0 spiro atoms. The number of rotatable bonds is 9. The summed E-state index contributed by atoms with van der Waals surface area (Å²) in [6, 6.07) is 6.67. The molecule has 0 aliphatic carbocycles. The van der Waals surface area contributed by atoms with Crippen LogP contribution in [0.15, 0.2) is 66.2 Å². The first-order chi connectivity index (χ1) is 17.0. The van der Waals surface area contributed by atoms with Crippen LogP contribution in [0, 0.1) is 11.6 Å². The first kappa shape index (κ1) is 25.0. The number of hydrogen-bond donors (Lipinski definition) is 1. The molecular weight excluding hydrogens is 498 g/mol. The molecule has 4 rings (SSSR count). The van der Waals surface area contributed by atoms with Crippen LogP contribution in [0.25, 0.3) is 5.69 Å². The molecule has 1 N–H and O–H groups in total. The Hall–Kier alpha value is -4.14. The summed E-state index contributed by atoms with van der Waals surface area (Å²) < 4.78 is 85.8. The zero-order chi connectivity index (χ0) is 26.1. The molecule has 0 amide bonds. The molecule has 15 heteroatoms. The molecule has 0 radical (unpaired) electrons. The normalized spacial score (nSPS) is 13.7. The first-order valence-electron chi connectivity index (χ1n) is 10.1. The SMILES string of the molecule is O=c1n(C[C@@](O)(Cn2cncn2)c2ccc(F)cc2F)cnn1-c1ccc(OC(F)(F)C(F)F)cc1. The van der Waals surface area contributed by atoms with Crippen LogP contribution in [0.1, 0.15) is 5.56 Å². The predicted octanol–water partition coefficient (Wildman–Crippen LogP) is 2.73. The monoisotopic (exact) mass is 514 g/mol. The van der Waals surface area contributed by atoms with E-state index in [2.05, 4.69) is 19.9 Å². The number of ether oxygens (including phenoxy) is 1. The third-order valence-electron chi connectivity index (χ3n) is 5.08. The average Bonchev–Trinajstić information content (AvgIpc) is 3.44. The van der Waals surface area contributed by atoms with Crippen molar-refractivity contribution < 1.29 is 36.2 Å². The van der Waals surface area contributed by atoms with Crippen LogP contribution in [-0.2, 0) is 18.7 Å². The van der Waals surface area contributed by atoms with Gasteiger partial charge in [0, 0.05) is 11.6 Å². The Kier molecular flexibility index (Phi) is 6.58. The largest absolute Gasteiger partial charge is 0.461 e. The Morgan fingerprint density at radius 2 is 1.72 bits per heavy atom. The van der Waals surface area contributed by atoms with E-state index in [1.165, 1.54) is 17.3 Å². The molecule has 0 aliphatic heterocycles. The molecule has 0 bridgehead atoms. The summed E-state index contributed by atoms with van der Waals surface area (Å²) in [5, 5.41) is 19.1. The average molecular weight is 514 g/mol. The quantitative estimate of drug-likeness (QED) is 0.345. The fraction of sp³-hybridized carbons (Fsp3) is 0.238. The minimum atomic E-state index is -4.70. The Bertz CT molecular complexity index is 1390. The van der Waals surface area contributed by atoms with Gasteiger partial charge < -0.3 is 9.84 Å². The highest BCUT2D eigenvalue weighted by Crippen LogP contribution is 2.29. The van der Waals surface area contributed by atoms with Crippen molar-refractivity contribution in [2.75, 3.05) is 0 Å². The van der Waals surface area contributed by atoms with Crippen molar-refractivity contribution in [1.82, 2.24) is 29.1 Å². The van der Waals surface area contributed by atoms with Gasteiger partial charge in [0.1, 0.15) is 42.0 Å². The molecule has 36 heavy (non-hydrogen) atoms. The number of nitrogens with zero attached hydrogens (tertiary/aromatic N) is 6. The Morgan fingerprint density at radius 1 is 1.00 bits per heavy atom. The number of hydrogen-bond acceptors (Lipinski definition) is 6. The third-order valence-corrected chi connectivity index (χ3v) is 5.08. The van der Waals surface area contributed by atoms with Gasteiger partial charge in [-0.3, -0.25) is 4.57 Å². The van der Waals surface area contributed by atoms with E-state index in [1.807, 2.05) is 0 Å². The van der Waals surface area contributed by atoms with Crippen LogP contribution in [0.2, 0.25) is 0 Å². The number of halogens is 6. The number of aromatic nitrogens is 6. The van der Waals surface area contributed by atoms with E-state index >= 15 is 0 Å². The molecule has 1 atom stereocenters. The number of aliphatic hydroxyl groups is 1. The van der Waals surface area contributed by atoms with E-state index in [-0.39, 0.29) is 17.8 Å². The van der Waals surface area contributed by atoms with Crippen molar-refractivity contribution in [2.24, 2.45) is 0 Å². The standard InChI is InChI=1S/C21H16F6N6O3/c22-13-1-6-16(17(23)7-13)20(35,9-32-11-28-10-29-32)8-31-12-30-33(19(31)34)14-2-4-15(5-3-14)36-21(26,27)18(24)25/h1-7,10-12,18,35H,8-9H2/t20-/m1/s1. The maximum absolute atomic E-state index is 14.6. The molecule has 4 aromatic rings. The second-order valence-electron chi connectivity index (χ2n) is 7.66. The Balaban J connectivity index is 1.63. The fourth-order valence-electron chi connectivity index (χ4n) is 3.43. The summed E-state index contributed by atoms with van der Waals surface area (Å²) in [5.41, 5.74) is -3.19. The summed E-state index contributed by atoms with van der Waals surface area (Å²) in [6.07, 6.45) is -5.29. The zero-order valence-electron chi connectivity index (χ0n) is 18.0. The second-order valence-corrected chi connectivity index (χ2v) is 7.66. The van der Waals surface area contributed by atoms with Crippen LogP contribution in [0.5, 0.6) is 5.75 Å². The Morgan fingerprint density at radius 3 is 2.33 bits per heavy atom. The number of benzene rings is 2. The van der Waals surface area contributed by atoms with Crippen molar-refractivity contribution in [3.8, 4) is 11.4 Å². The lowest BCUT2D eigenvalue weighted by Gasteiger charge is -2.28. The van der Waals surface area contributed by atoms with Gasteiger partial charge >= 0.3 is 18.2 Å². The fourth-order valence-corrected chi connectivity index (χ4v) is 3.43. The Labute approximate surface area is 197 Å². The summed E-state index contributed by atoms with van der Waals surface area (Å²) in [5.74, 6) is -2.51. The predicted molar refractivity (Wildman–Crippen MR) is 110 cm³/mol. The van der Waals surface area contributed by atoms with E-state index in [0.717, 1.165) is 52.0 Å². The van der Waals surface area contributed by atoms with Gasteiger partial charge in [0.15, 0.2) is 0 Å². The molecule has 2 heterocycles. The molecule has 0 saturated carbocycles. The van der Waals surface area contributed by atoms with Crippen molar-refractivity contribution >= 4 is 0 Å². The van der Waals surface area contributed by atoms with E-state index in [9.17, 15) is 36.2 Å². The van der Waals surface area contributed by atoms with E-state index < -0.39 is 47.8 Å². The van der Waals surface area contributed by atoms with E-state index in [4.69, 9.17) is 0 Å². The second kappa shape index (κ2) is 9.49. The van der Waals surface area contributed by atoms with Gasteiger partial charge in [-0.25, -0.2) is 23.2 Å². The summed E-state index contributed by atoms with van der Waals surface area (Å²) in [6.45, 7) is -0.909. The molecule has 2 aromatic heterocycles. The van der Waals surface area contributed by atoms with Gasteiger partial charge in [-0.05, 0) is 30.3 Å².